The molecule has 3 heteroatoms. The second kappa shape index (κ2) is 6.04. The molecule has 106 valence electrons. The topological polar surface area (TPSA) is 37.8 Å². The van der Waals surface area contributed by atoms with E-state index in [1.54, 1.807) is 0 Å². The lowest BCUT2D eigenvalue weighted by atomic mass is 9.99. The maximum absolute atomic E-state index is 4.79. The summed E-state index contributed by atoms with van der Waals surface area (Å²) in [7, 11) is 1.91. The number of hydrogen-bond acceptors (Lipinski definition) is 3. The molecule has 3 nitrogen and oxygen atoms in total. The summed E-state index contributed by atoms with van der Waals surface area (Å²) < 4.78 is 0. The monoisotopic (exact) mass is 269 g/mol. The normalized spacial score (nSPS) is 10.7. The van der Waals surface area contributed by atoms with Gasteiger partial charge in [0.2, 0.25) is 0 Å². The van der Waals surface area contributed by atoms with Crippen LogP contribution in [0.15, 0.2) is 18.2 Å². The van der Waals surface area contributed by atoms with Gasteiger partial charge in [0.25, 0.3) is 0 Å². The van der Waals surface area contributed by atoms with Crippen LogP contribution in [0.4, 0.5) is 5.82 Å². The summed E-state index contributed by atoms with van der Waals surface area (Å²) in [6.07, 6.45) is 1.96. The molecule has 2 rings (SSSR count). The summed E-state index contributed by atoms with van der Waals surface area (Å²) in [4.78, 5) is 9.39. The van der Waals surface area contributed by atoms with Crippen molar-refractivity contribution in [2.75, 3.05) is 12.4 Å². The van der Waals surface area contributed by atoms with E-state index in [1.807, 2.05) is 7.05 Å². The molecular formula is C17H23N3. The van der Waals surface area contributed by atoms with Crippen molar-refractivity contribution in [3.8, 4) is 11.3 Å². The van der Waals surface area contributed by atoms with Crippen molar-refractivity contribution in [1.82, 2.24) is 9.97 Å². The Morgan fingerprint density at radius 2 is 1.85 bits per heavy atom. The third kappa shape index (κ3) is 2.82. The second-order valence-electron chi connectivity index (χ2n) is 5.28. The molecule has 0 aliphatic heterocycles. The molecule has 1 N–H and O–H groups in total. The molecule has 0 fully saturated rings. The van der Waals surface area contributed by atoms with Gasteiger partial charge < -0.3 is 5.32 Å². The smallest absolute Gasteiger partial charge is 0.132 e. The van der Waals surface area contributed by atoms with Crippen LogP contribution in [-0.4, -0.2) is 17.0 Å². The van der Waals surface area contributed by atoms with Gasteiger partial charge in [-0.15, -0.1) is 0 Å². The van der Waals surface area contributed by atoms with Crippen molar-refractivity contribution in [3.63, 3.8) is 0 Å². The fourth-order valence-corrected chi connectivity index (χ4v) is 2.39. The summed E-state index contributed by atoms with van der Waals surface area (Å²) in [5, 5.41) is 3.19. The molecule has 0 aliphatic rings. The molecule has 0 aliphatic carbocycles. The molecule has 2 aromatic rings. The lowest BCUT2D eigenvalue weighted by Gasteiger charge is -2.14. The summed E-state index contributed by atoms with van der Waals surface area (Å²) in [5.74, 6) is 1.85. The maximum Gasteiger partial charge on any atom is 0.132 e. The lowest BCUT2D eigenvalue weighted by Crippen LogP contribution is -2.06. The summed E-state index contributed by atoms with van der Waals surface area (Å²) in [5.41, 5.74) is 5.88. The van der Waals surface area contributed by atoms with Crippen LogP contribution in [0, 0.1) is 20.8 Å². The highest BCUT2D eigenvalue weighted by Gasteiger charge is 2.13. The Morgan fingerprint density at radius 1 is 1.10 bits per heavy atom. The molecular weight excluding hydrogens is 246 g/mol. The first kappa shape index (κ1) is 14.5. The highest BCUT2D eigenvalue weighted by Crippen LogP contribution is 2.29. The predicted octanol–water partition coefficient (Wildman–Crippen LogP) is 4.06. The molecule has 1 aromatic heterocycles. The maximum atomic E-state index is 4.79. The van der Waals surface area contributed by atoms with E-state index < -0.39 is 0 Å². The average molecular weight is 269 g/mol. The number of nitrogens with zero attached hydrogens (tertiary/aromatic N) is 2. The van der Waals surface area contributed by atoms with Crippen molar-refractivity contribution >= 4 is 5.82 Å². The first-order chi connectivity index (χ1) is 9.56. The van der Waals surface area contributed by atoms with Gasteiger partial charge in [-0.25, -0.2) is 9.97 Å². The van der Waals surface area contributed by atoms with Crippen LogP contribution < -0.4 is 5.32 Å². The van der Waals surface area contributed by atoms with E-state index in [9.17, 15) is 0 Å². The number of aryl methyl sites for hydroxylation is 3. The Balaban J connectivity index is 2.65. The van der Waals surface area contributed by atoms with Crippen LogP contribution in [0.25, 0.3) is 11.3 Å². The van der Waals surface area contributed by atoms with Gasteiger partial charge in [0, 0.05) is 24.6 Å². The van der Waals surface area contributed by atoms with Crippen LogP contribution in [0.2, 0.25) is 0 Å². The Bertz CT molecular complexity index is 618. The summed E-state index contributed by atoms with van der Waals surface area (Å²) >= 11 is 0. The van der Waals surface area contributed by atoms with Gasteiger partial charge in [0.1, 0.15) is 11.6 Å². The Hall–Kier alpha value is -1.90. The molecule has 0 bridgehead atoms. The summed E-state index contributed by atoms with van der Waals surface area (Å²) in [6, 6.07) is 6.51. The average Bonchev–Trinajstić information content (AvgIpc) is 2.43. The molecule has 0 saturated carbocycles. The van der Waals surface area contributed by atoms with E-state index in [0.717, 1.165) is 35.7 Å². The van der Waals surface area contributed by atoms with Crippen LogP contribution in [0.5, 0.6) is 0 Å². The van der Waals surface area contributed by atoms with Gasteiger partial charge in [-0.1, -0.05) is 24.6 Å². The summed E-state index contributed by atoms with van der Waals surface area (Å²) in [6.45, 7) is 8.48. The zero-order valence-electron chi connectivity index (χ0n) is 13.0. The van der Waals surface area contributed by atoms with Gasteiger partial charge in [-0.3, -0.25) is 0 Å². The van der Waals surface area contributed by atoms with Gasteiger partial charge >= 0.3 is 0 Å². The fraction of sp³-hybridized carbons (Fsp3) is 0.412. The number of rotatable bonds is 4. The van der Waals surface area contributed by atoms with Gasteiger partial charge in [-0.2, -0.15) is 0 Å². The largest absolute Gasteiger partial charge is 0.373 e. The minimum atomic E-state index is 0.910. The van der Waals surface area contributed by atoms with E-state index >= 15 is 0 Å². The Morgan fingerprint density at radius 3 is 2.50 bits per heavy atom. The quantitative estimate of drug-likeness (QED) is 0.909. The van der Waals surface area contributed by atoms with E-state index in [0.29, 0.717) is 0 Å². The van der Waals surface area contributed by atoms with Crippen LogP contribution >= 0.6 is 0 Å². The molecule has 0 amide bonds. The van der Waals surface area contributed by atoms with Crippen LogP contribution in [-0.2, 0) is 6.42 Å². The number of aromatic nitrogens is 2. The molecule has 0 unspecified atom stereocenters. The molecule has 0 saturated heterocycles. The Kier molecular flexibility index (Phi) is 4.38. The number of benzene rings is 1. The molecule has 0 atom stereocenters. The first-order valence-electron chi connectivity index (χ1n) is 7.19. The minimum Gasteiger partial charge on any atom is -0.373 e. The number of hydrogen-bond donors (Lipinski definition) is 1. The molecule has 0 radical (unpaired) electrons. The van der Waals surface area contributed by atoms with Crippen LogP contribution in [0.3, 0.4) is 0 Å². The minimum absolute atomic E-state index is 0.910. The van der Waals surface area contributed by atoms with Gasteiger partial charge in [0.15, 0.2) is 0 Å². The zero-order chi connectivity index (χ0) is 14.7. The van der Waals surface area contributed by atoms with Crippen molar-refractivity contribution in [2.24, 2.45) is 0 Å². The third-order valence-electron chi connectivity index (χ3n) is 3.55. The van der Waals surface area contributed by atoms with Crippen LogP contribution in [0.1, 0.15) is 35.9 Å². The van der Waals surface area contributed by atoms with E-state index in [4.69, 9.17) is 4.98 Å². The number of anilines is 1. The van der Waals surface area contributed by atoms with Gasteiger partial charge in [-0.05, 0) is 38.8 Å². The highest BCUT2D eigenvalue weighted by atomic mass is 15.0. The van der Waals surface area contributed by atoms with E-state index in [-0.39, 0.29) is 0 Å². The molecule has 0 spiro atoms. The fourth-order valence-electron chi connectivity index (χ4n) is 2.39. The standard InChI is InChI=1S/C17H23N3/c1-6-7-15-19-16(13(4)17(18-5)20-15)14-10-11(2)8-9-12(14)3/h8-10H,6-7H2,1-5H3,(H,18,19,20). The lowest BCUT2D eigenvalue weighted by molar-refractivity contribution is 0.834. The molecule has 1 aromatic carbocycles. The highest BCUT2D eigenvalue weighted by molar-refractivity contribution is 5.71. The molecule has 1 heterocycles. The SMILES string of the molecule is CCCc1nc(NC)c(C)c(-c2cc(C)ccc2C)n1. The Labute approximate surface area is 121 Å². The second-order valence-corrected chi connectivity index (χ2v) is 5.28. The number of nitrogens with one attached hydrogen (secondary N) is 1. The van der Waals surface area contributed by atoms with Crippen molar-refractivity contribution in [3.05, 3.63) is 40.7 Å². The zero-order valence-corrected chi connectivity index (χ0v) is 13.0. The van der Waals surface area contributed by atoms with E-state index in [1.165, 1.54) is 16.7 Å². The van der Waals surface area contributed by atoms with E-state index in [2.05, 4.69) is 56.2 Å². The van der Waals surface area contributed by atoms with Gasteiger partial charge in [0.05, 0.1) is 5.69 Å². The predicted molar refractivity (Wildman–Crippen MR) is 85.2 cm³/mol. The molecule has 20 heavy (non-hydrogen) atoms. The van der Waals surface area contributed by atoms with Crippen molar-refractivity contribution < 1.29 is 0 Å². The van der Waals surface area contributed by atoms with Crippen molar-refractivity contribution in [2.45, 2.75) is 40.5 Å². The first-order valence-corrected chi connectivity index (χ1v) is 7.19. The van der Waals surface area contributed by atoms with Crippen molar-refractivity contribution in [1.29, 1.82) is 0 Å². The third-order valence-corrected chi connectivity index (χ3v) is 3.55.